The quantitative estimate of drug-likeness (QED) is 0.0824. The molecule has 0 saturated carbocycles. The van der Waals surface area contributed by atoms with Crippen LogP contribution in [0.2, 0.25) is 0 Å². The van der Waals surface area contributed by atoms with E-state index in [1.165, 1.54) is 0 Å². The second-order valence-electron chi connectivity index (χ2n) is 13.1. The molecule has 0 aliphatic carbocycles. The first-order chi connectivity index (χ1) is 25.6. The van der Waals surface area contributed by atoms with Gasteiger partial charge in [-0.2, -0.15) is 0 Å². The molecule has 3 aromatic carbocycles. The van der Waals surface area contributed by atoms with Crippen molar-refractivity contribution in [3.63, 3.8) is 0 Å². The normalized spacial score (nSPS) is 16.0. The van der Waals surface area contributed by atoms with Gasteiger partial charge < -0.3 is 23.8 Å². The summed E-state index contributed by atoms with van der Waals surface area (Å²) in [6, 6.07) is 28.1. The van der Waals surface area contributed by atoms with Crippen LogP contribution in [0.4, 0.5) is 0 Å². The van der Waals surface area contributed by atoms with E-state index in [0.717, 1.165) is 40.1 Å². The molecule has 2 heterocycles. The molecule has 0 amide bonds. The number of carbonyl (C=O) groups excluding carboxylic acids is 5. The number of ether oxygens (including phenoxy) is 4. The lowest BCUT2D eigenvalue weighted by Gasteiger charge is -2.30. The van der Waals surface area contributed by atoms with Crippen LogP contribution in [0.1, 0.15) is 23.1 Å². The molecule has 5 rings (SSSR count). The van der Waals surface area contributed by atoms with E-state index in [9.17, 15) is 24.0 Å². The van der Waals surface area contributed by atoms with Crippen molar-refractivity contribution in [2.75, 3.05) is 92.8 Å². The molecular formula is C40H46N4O9. The fraction of sp³-hybridized carbons (Fsp3) is 0.375. The van der Waals surface area contributed by atoms with Crippen molar-refractivity contribution in [3.05, 3.63) is 102 Å². The van der Waals surface area contributed by atoms with Gasteiger partial charge in [-0.15, -0.1) is 0 Å². The molecule has 0 spiro atoms. The highest BCUT2D eigenvalue weighted by Crippen LogP contribution is 2.35. The van der Waals surface area contributed by atoms with E-state index in [-0.39, 0.29) is 39.3 Å². The van der Waals surface area contributed by atoms with Crippen LogP contribution in [-0.2, 0) is 38.2 Å². The van der Waals surface area contributed by atoms with Crippen molar-refractivity contribution in [2.45, 2.75) is 6.42 Å². The maximum Gasteiger partial charge on any atom is 0.327 e. The van der Waals surface area contributed by atoms with Gasteiger partial charge >= 0.3 is 29.8 Å². The molecule has 0 radical (unpaired) electrons. The van der Waals surface area contributed by atoms with E-state index < -0.39 is 29.8 Å². The maximum absolute atomic E-state index is 13.4. The Bertz CT molecular complexity index is 1670. The van der Waals surface area contributed by atoms with Gasteiger partial charge in [-0.05, 0) is 54.1 Å². The Labute approximate surface area is 309 Å². The van der Waals surface area contributed by atoms with Crippen molar-refractivity contribution < 1.29 is 42.9 Å². The van der Waals surface area contributed by atoms with Crippen molar-refractivity contribution in [2.24, 2.45) is 0 Å². The molecule has 13 heteroatoms. The first-order valence-electron chi connectivity index (χ1n) is 17.6. The Hall–Kier alpha value is -5.21. The van der Waals surface area contributed by atoms with Gasteiger partial charge in [0.25, 0.3) is 0 Å². The first-order valence-corrected chi connectivity index (χ1v) is 17.6. The molecule has 280 valence electrons. The molecule has 0 unspecified atom stereocenters. The Kier molecular flexibility index (Phi) is 14.4. The van der Waals surface area contributed by atoms with Crippen LogP contribution >= 0.6 is 0 Å². The number of hydrogen-bond donors (Lipinski definition) is 0. The molecule has 2 aliphatic heterocycles. The lowest BCUT2D eigenvalue weighted by molar-refractivity contribution is -0.168. The lowest BCUT2D eigenvalue weighted by atomic mass is 9.88. The monoisotopic (exact) mass is 726 g/mol. The second-order valence-corrected chi connectivity index (χ2v) is 13.1. The largest absolute Gasteiger partial charge is 0.492 e. The van der Waals surface area contributed by atoms with Gasteiger partial charge in [-0.25, -0.2) is 0 Å². The highest BCUT2D eigenvalue weighted by atomic mass is 16.6. The summed E-state index contributed by atoms with van der Waals surface area (Å²) in [5.74, 6) is -2.18. The predicted octanol–water partition coefficient (Wildman–Crippen LogP) is 2.59. The van der Waals surface area contributed by atoms with E-state index in [1.807, 2.05) is 91.8 Å². The summed E-state index contributed by atoms with van der Waals surface area (Å²) in [5, 5.41) is 0. The van der Waals surface area contributed by atoms with E-state index in [1.54, 1.807) is 9.80 Å². The molecule has 2 saturated heterocycles. The number of morpholine rings is 2. The number of likely N-dealkylation sites (N-methyl/N-ethyl adjacent to an activating group) is 1. The smallest absolute Gasteiger partial charge is 0.327 e. The minimum atomic E-state index is -0.626. The third kappa shape index (κ3) is 12.5. The van der Waals surface area contributed by atoms with Gasteiger partial charge in [-0.3, -0.25) is 38.7 Å². The average Bonchev–Trinajstić information content (AvgIpc) is 3.13. The summed E-state index contributed by atoms with van der Waals surface area (Å²) in [4.78, 5) is 67.8. The minimum absolute atomic E-state index is 0.0406. The van der Waals surface area contributed by atoms with Gasteiger partial charge in [0.2, 0.25) is 0 Å². The number of esters is 5. The first kappa shape index (κ1) is 39.0. The highest BCUT2D eigenvalue weighted by molar-refractivity contribution is 5.98. The molecule has 0 bridgehead atoms. The van der Waals surface area contributed by atoms with E-state index >= 15 is 0 Å². The van der Waals surface area contributed by atoms with E-state index in [2.05, 4.69) is 26.5 Å². The van der Waals surface area contributed by atoms with Gasteiger partial charge in [-0.1, -0.05) is 72.8 Å². The molecule has 2 aliphatic rings. The van der Waals surface area contributed by atoms with Crippen LogP contribution in [0.25, 0.3) is 11.1 Å². The molecule has 2 fully saturated rings. The number of rotatable bonds is 18. The van der Waals surface area contributed by atoms with Gasteiger partial charge in [0.1, 0.15) is 12.4 Å². The molecule has 0 atom stereocenters. The summed E-state index contributed by atoms with van der Waals surface area (Å²) < 4.78 is 21.1. The summed E-state index contributed by atoms with van der Waals surface area (Å²) in [6.45, 7) is 2.52. The number of cyclic esters (lactones) is 4. The van der Waals surface area contributed by atoms with E-state index in [4.69, 9.17) is 9.47 Å². The Morgan fingerprint density at radius 1 is 0.642 bits per heavy atom. The standard InChI is InChI=1S/C40H46N4O9/c1-41(2)22-24-50-33-15-13-32(14-16-33)40(31-11-7-4-8-12-31)34(30-9-5-3-6-10-30)17-23-51-35(45)25-42(18-20-43-26-36(46)52-37(47)27-43)19-21-44-28-38(48)53-39(49)29-44/h3-16H,17-29H2,1-2H3/b40-34-. The van der Waals surface area contributed by atoms with Crippen molar-refractivity contribution in [1.29, 1.82) is 0 Å². The van der Waals surface area contributed by atoms with Gasteiger partial charge in [0, 0.05) is 39.1 Å². The molecule has 53 heavy (non-hydrogen) atoms. The van der Waals surface area contributed by atoms with Crippen molar-refractivity contribution in [3.8, 4) is 5.75 Å². The maximum atomic E-state index is 13.4. The SMILES string of the molecule is CN(C)CCOc1ccc(/C(=C(/CCOC(=O)CN(CCN2CC(=O)OC(=O)C2)CCN2CC(=O)OC(=O)C2)c2ccccc2)c2ccccc2)cc1. The van der Waals surface area contributed by atoms with Crippen molar-refractivity contribution >= 4 is 41.0 Å². The summed E-state index contributed by atoms with van der Waals surface area (Å²) in [6.07, 6.45) is 0.428. The highest BCUT2D eigenvalue weighted by Gasteiger charge is 2.27. The topological polar surface area (TPSA) is 135 Å². The molecule has 0 aromatic heterocycles. The van der Waals surface area contributed by atoms with Crippen LogP contribution in [0.15, 0.2) is 84.9 Å². The molecule has 0 N–H and O–H groups in total. The second kappa shape index (κ2) is 19.6. The Balaban J connectivity index is 1.31. The molecular weight excluding hydrogens is 680 g/mol. The zero-order chi connectivity index (χ0) is 37.6. The summed E-state index contributed by atoms with van der Waals surface area (Å²) in [5.41, 5.74) is 5.03. The number of benzene rings is 3. The molecule has 3 aromatic rings. The number of nitrogens with zero attached hydrogens (tertiary/aromatic N) is 4. The fourth-order valence-electron chi connectivity index (χ4n) is 6.11. The van der Waals surface area contributed by atoms with Gasteiger partial charge in [0.05, 0.1) is 39.3 Å². The zero-order valence-corrected chi connectivity index (χ0v) is 30.2. The summed E-state index contributed by atoms with van der Waals surface area (Å²) in [7, 11) is 4.01. The third-order valence-corrected chi connectivity index (χ3v) is 8.74. The zero-order valence-electron chi connectivity index (χ0n) is 30.2. The van der Waals surface area contributed by atoms with Crippen LogP contribution in [0.3, 0.4) is 0 Å². The minimum Gasteiger partial charge on any atom is -0.492 e. The van der Waals surface area contributed by atoms with Crippen LogP contribution < -0.4 is 4.74 Å². The van der Waals surface area contributed by atoms with Crippen LogP contribution in [0, 0.1) is 0 Å². The average molecular weight is 727 g/mol. The van der Waals surface area contributed by atoms with Gasteiger partial charge in [0.15, 0.2) is 0 Å². The van der Waals surface area contributed by atoms with E-state index in [0.29, 0.717) is 39.2 Å². The Morgan fingerprint density at radius 2 is 1.13 bits per heavy atom. The predicted molar refractivity (Wildman–Crippen MR) is 196 cm³/mol. The number of hydrogen-bond acceptors (Lipinski definition) is 13. The lowest BCUT2D eigenvalue weighted by Crippen LogP contribution is -2.49. The van der Waals surface area contributed by atoms with Crippen LogP contribution in [0.5, 0.6) is 5.75 Å². The van der Waals surface area contributed by atoms with Crippen LogP contribution in [-0.4, -0.2) is 142 Å². The number of carbonyl (C=O) groups is 5. The molecule has 13 nitrogen and oxygen atoms in total. The Morgan fingerprint density at radius 3 is 1.64 bits per heavy atom. The summed E-state index contributed by atoms with van der Waals surface area (Å²) >= 11 is 0. The van der Waals surface area contributed by atoms with Crippen molar-refractivity contribution in [1.82, 2.24) is 19.6 Å². The fourth-order valence-corrected chi connectivity index (χ4v) is 6.11. The third-order valence-electron chi connectivity index (χ3n) is 8.74.